The summed E-state index contributed by atoms with van der Waals surface area (Å²) in [6, 6.07) is 1.86. The van der Waals surface area contributed by atoms with Gasteiger partial charge in [-0.2, -0.15) is 10.2 Å². The van der Waals surface area contributed by atoms with Gasteiger partial charge in [0.15, 0.2) is 0 Å². The van der Waals surface area contributed by atoms with Crippen molar-refractivity contribution >= 4 is 11.6 Å². The molecule has 0 aliphatic heterocycles. The van der Waals surface area contributed by atoms with Gasteiger partial charge in [-0.25, -0.2) is 0 Å². The maximum atomic E-state index is 6.31. The highest BCUT2D eigenvalue weighted by Gasteiger charge is 2.20. The highest BCUT2D eigenvalue weighted by Crippen LogP contribution is 2.25. The topological polar surface area (TPSA) is 73.7 Å². The number of nitrogens with one attached hydrogen (secondary N) is 1. The molecule has 0 aliphatic rings. The molecule has 0 saturated carbocycles. The highest BCUT2D eigenvalue weighted by atomic mass is 35.5. The summed E-state index contributed by atoms with van der Waals surface area (Å²) in [5, 5.41) is 9.48. The van der Waals surface area contributed by atoms with Crippen LogP contribution in [0.3, 0.4) is 0 Å². The van der Waals surface area contributed by atoms with Crippen LogP contribution in [0.1, 0.15) is 30.0 Å². The summed E-state index contributed by atoms with van der Waals surface area (Å²) in [4.78, 5) is 0. The molecule has 104 valence electrons. The van der Waals surface area contributed by atoms with E-state index < -0.39 is 0 Å². The lowest BCUT2D eigenvalue weighted by atomic mass is 10.1. The minimum absolute atomic E-state index is 0.0832. The zero-order chi connectivity index (χ0) is 14.0. The molecule has 7 heteroatoms. The minimum Gasteiger partial charge on any atom is -0.275 e. The van der Waals surface area contributed by atoms with E-state index in [1.54, 1.807) is 4.68 Å². The molecule has 2 heterocycles. The van der Waals surface area contributed by atoms with E-state index in [0.29, 0.717) is 11.4 Å². The van der Waals surface area contributed by atoms with Gasteiger partial charge in [-0.3, -0.25) is 20.6 Å². The van der Waals surface area contributed by atoms with Crippen LogP contribution in [-0.4, -0.2) is 19.6 Å². The first kappa shape index (κ1) is 14.0. The summed E-state index contributed by atoms with van der Waals surface area (Å²) in [5.41, 5.74) is 5.51. The van der Waals surface area contributed by atoms with Gasteiger partial charge >= 0.3 is 0 Å². The Morgan fingerprint density at radius 1 is 1.47 bits per heavy atom. The Labute approximate surface area is 117 Å². The van der Waals surface area contributed by atoms with E-state index in [4.69, 9.17) is 17.4 Å². The summed E-state index contributed by atoms with van der Waals surface area (Å²) in [5.74, 6) is 5.64. The van der Waals surface area contributed by atoms with Crippen molar-refractivity contribution in [3.8, 4) is 0 Å². The van der Waals surface area contributed by atoms with Crippen molar-refractivity contribution in [2.75, 3.05) is 0 Å². The number of nitrogens with zero attached hydrogens (tertiary/aromatic N) is 4. The summed E-state index contributed by atoms with van der Waals surface area (Å²) >= 11 is 6.31. The SMILES string of the molecule is CCn1nc(C)c(Cl)c1CC(NN)c1ccn(C)n1. The number of aromatic nitrogens is 4. The summed E-state index contributed by atoms with van der Waals surface area (Å²) in [7, 11) is 1.88. The second-order valence-corrected chi connectivity index (χ2v) is 4.88. The van der Waals surface area contributed by atoms with Gasteiger partial charge in [0.2, 0.25) is 0 Å². The fourth-order valence-corrected chi connectivity index (χ4v) is 2.34. The lowest BCUT2D eigenvalue weighted by Crippen LogP contribution is -2.30. The maximum Gasteiger partial charge on any atom is 0.0847 e. The number of nitrogens with two attached hydrogens (primary N) is 1. The van der Waals surface area contributed by atoms with Gasteiger partial charge in [0.05, 0.1) is 28.1 Å². The number of rotatable bonds is 5. The zero-order valence-electron chi connectivity index (χ0n) is 11.4. The Morgan fingerprint density at radius 3 is 2.74 bits per heavy atom. The second-order valence-electron chi connectivity index (χ2n) is 4.50. The van der Waals surface area contributed by atoms with Crippen LogP contribution in [-0.2, 0) is 20.0 Å². The predicted octanol–water partition coefficient (Wildman–Crippen LogP) is 1.35. The molecule has 0 saturated heterocycles. The number of hydrogen-bond donors (Lipinski definition) is 2. The standard InChI is InChI=1S/C12H19ClN6/c1-4-19-11(12(13)8(2)16-19)7-10(15-14)9-5-6-18(3)17-9/h5-6,10,15H,4,7,14H2,1-3H3. The molecule has 0 bridgehead atoms. The molecular weight excluding hydrogens is 264 g/mol. The first-order chi connectivity index (χ1) is 9.06. The number of halogens is 1. The van der Waals surface area contributed by atoms with E-state index >= 15 is 0 Å². The average molecular weight is 283 g/mol. The monoisotopic (exact) mass is 282 g/mol. The molecule has 0 fully saturated rings. The van der Waals surface area contributed by atoms with E-state index in [9.17, 15) is 0 Å². The van der Waals surface area contributed by atoms with E-state index in [-0.39, 0.29) is 6.04 Å². The lowest BCUT2D eigenvalue weighted by molar-refractivity contribution is 0.501. The van der Waals surface area contributed by atoms with Crippen LogP contribution >= 0.6 is 11.6 Å². The Balaban J connectivity index is 2.28. The van der Waals surface area contributed by atoms with Crippen molar-refractivity contribution in [3.63, 3.8) is 0 Å². The molecule has 0 radical (unpaired) electrons. The van der Waals surface area contributed by atoms with Crippen molar-refractivity contribution in [3.05, 3.63) is 34.4 Å². The predicted molar refractivity (Wildman–Crippen MR) is 74.6 cm³/mol. The molecule has 19 heavy (non-hydrogen) atoms. The van der Waals surface area contributed by atoms with Gasteiger partial charge in [0.25, 0.3) is 0 Å². The molecule has 0 spiro atoms. The molecule has 6 nitrogen and oxygen atoms in total. The Bertz CT molecular complexity index is 559. The van der Waals surface area contributed by atoms with Crippen molar-refractivity contribution in [1.29, 1.82) is 0 Å². The van der Waals surface area contributed by atoms with E-state index in [2.05, 4.69) is 15.6 Å². The van der Waals surface area contributed by atoms with Crippen LogP contribution in [0.5, 0.6) is 0 Å². The van der Waals surface area contributed by atoms with Crippen LogP contribution in [0.4, 0.5) is 0 Å². The summed E-state index contributed by atoms with van der Waals surface area (Å²) in [6.07, 6.45) is 2.55. The normalized spacial score (nSPS) is 12.9. The molecule has 2 aromatic rings. The van der Waals surface area contributed by atoms with Crippen LogP contribution < -0.4 is 11.3 Å². The van der Waals surface area contributed by atoms with E-state index in [0.717, 1.165) is 23.6 Å². The minimum atomic E-state index is -0.0832. The Morgan fingerprint density at radius 2 is 2.21 bits per heavy atom. The first-order valence-corrected chi connectivity index (χ1v) is 6.62. The fourth-order valence-electron chi connectivity index (χ4n) is 2.13. The summed E-state index contributed by atoms with van der Waals surface area (Å²) in [6.45, 7) is 4.73. The third-order valence-electron chi connectivity index (χ3n) is 3.14. The largest absolute Gasteiger partial charge is 0.275 e. The Kier molecular flexibility index (Phi) is 4.24. The second kappa shape index (κ2) is 5.73. The van der Waals surface area contributed by atoms with Gasteiger partial charge in [-0.05, 0) is 19.9 Å². The number of hydrogen-bond acceptors (Lipinski definition) is 4. The Hall–Kier alpha value is -1.37. The van der Waals surface area contributed by atoms with Crippen molar-refractivity contribution in [2.45, 2.75) is 32.9 Å². The lowest BCUT2D eigenvalue weighted by Gasteiger charge is -2.14. The molecule has 1 atom stereocenters. The smallest absolute Gasteiger partial charge is 0.0847 e. The van der Waals surface area contributed by atoms with Gasteiger partial charge in [-0.1, -0.05) is 11.6 Å². The van der Waals surface area contributed by atoms with E-state index in [1.807, 2.05) is 37.8 Å². The van der Waals surface area contributed by atoms with Crippen LogP contribution in [0.15, 0.2) is 12.3 Å². The van der Waals surface area contributed by atoms with Gasteiger partial charge in [-0.15, -0.1) is 0 Å². The zero-order valence-corrected chi connectivity index (χ0v) is 12.1. The molecule has 3 N–H and O–H groups in total. The summed E-state index contributed by atoms with van der Waals surface area (Å²) < 4.78 is 3.66. The van der Waals surface area contributed by atoms with Crippen molar-refractivity contribution in [1.82, 2.24) is 25.0 Å². The van der Waals surface area contributed by atoms with Crippen LogP contribution in [0, 0.1) is 6.92 Å². The van der Waals surface area contributed by atoms with Crippen LogP contribution in [0.2, 0.25) is 5.02 Å². The third kappa shape index (κ3) is 2.80. The van der Waals surface area contributed by atoms with Crippen LogP contribution in [0.25, 0.3) is 0 Å². The third-order valence-corrected chi connectivity index (χ3v) is 3.63. The number of hydrazine groups is 1. The first-order valence-electron chi connectivity index (χ1n) is 6.24. The van der Waals surface area contributed by atoms with Gasteiger partial charge < -0.3 is 0 Å². The highest BCUT2D eigenvalue weighted by molar-refractivity contribution is 6.31. The fraction of sp³-hybridized carbons (Fsp3) is 0.500. The maximum absolute atomic E-state index is 6.31. The van der Waals surface area contributed by atoms with Gasteiger partial charge in [0.1, 0.15) is 0 Å². The van der Waals surface area contributed by atoms with Crippen molar-refractivity contribution in [2.24, 2.45) is 12.9 Å². The number of aryl methyl sites for hydroxylation is 3. The average Bonchev–Trinajstić information content (AvgIpc) is 2.93. The van der Waals surface area contributed by atoms with Crippen molar-refractivity contribution < 1.29 is 0 Å². The van der Waals surface area contributed by atoms with Gasteiger partial charge in [0, 0.05) is 26.2 Å². The molecule has 2 rings (SSSR count). The molecule has 1 unspecified atom stereocenters. The molecule has 0 aliphatic carbocycles. The van der Waals surface area contributed by atoms with E-state index in [1.165, 1.54) is 0 Å². The quantitative estimate of drug-likeness (QED) is 0.641. The molecule has 0 amide bonds. The molecular formula is C12H19ClN6. The molecule has 2 aromatic heterocycles. The molecule has 0 aromatic carbocycles.